The number of ether oxygens (including phenoxy) is 3. The van der Waals surface area contributed by atoms with Gasteiger partial charge in [-0.3, -0.25) is 4.79 Å². The first kappa shape index (κ1) is 16.8. The number of carbonyl (C=O) groups is 1. The van der Waals surface area contributed by atoms with Gasteiger partial charge in [0.05, 0.1) is 25.9 Å². The Morgan fingerprint density at radius 3 is 2.88 bits per heavy atom. The highest BCUT2D eigenvalue weighted by Gasteiger charge is 2.45. The molecule has 3 aliphatic rings. The van der Waals surface area contributed by atoms with Gasteiger partial charge in [-0.05, 0) is 49.8 Å². The van der Waals surface area contributed by atoms with Crippen LogP contribution in [0.15, 0.2) is 18.2 Å². The number of fused-ring (bicyclic) bond motifs is 2. The lowest BCUT2D eigenvalue weighted by atomic mass is 10.1. The van der Waals surface area contributed by atoms with Crippen LogP contribution in [0.3, 0.4) is 0 Å². The van der Waals surface area contributed by atoms with Gasteiger partial charge in [0.15, 0.2) is 11.6 Å². The molecule has 1 aromatic carbocycles. The maximum atomic E-state index is 14.0. The predicted octanol–water partition coefficient (Wildman–Crippen LogP) is 2.63. The molecule has 0 N–H and O–H groups in total. The summed E-state index contributed by atoms with van der Waals surface area (Å²) in [4.78, 5) is 14.8. The van der Waals surface area contributed by atoms with E-state index in [4.69, 9.17) is 14.2 Å². The Morgan fingerprint density at radius 2 is 2.16 bits per heavy atom. The van der Waals surface area contributed by atoms with Crippen LogP contribution in [0.2, 0.25) is 0 Å². The molecule has 2 bridgehead atoms. The van der Waals surface area contributed by atoms with Crippen molar-refractivity contribution in [2.24, 2.45) is 5.92 Å². The average molecular weight is 349 g/mol. The van der Waals surface area contributed by atoms with Crippen molar-refractivity contribution in [3.8, 4) is 5.75 Å². The van der Waals surface area contributed by atoms with E-state index in [2.05, 4.69) is 0 Å². The molecule has 1 aromatic rings. The summed E-state index contributed by atoms with van der Waals surface area (Å²) < 4.78 is 31.0. The Hall–Kier alpha value is -1.66. The molecule has 1 aliphatic heterocycles. The highest BCUT2D eigenvalue weighted by molar-refractivity contribution is 5.94. The third-order valence-corrected chi connectivity index (χ3v) is 5.44. The second kappa shape index (κ2) is 6.92. The average Bonchev–Trinajstić information content (AvgIpc) is 3.36. The van der Waals surface area contributed by atoms with E-state index in [-0.39, 0.29) is 29.9 Å². The lowest BCUT2D eigenvalue weighted by Crippen LogP contribution is -2.46. The second-order valence-electron chi connectivity index (χ2n) is 7.14. The normalized spacial score (nSPS) is 28.7. The standard InChI is InChI=1S/C19H24FNO4/c1-23-16-6-4-13(10-14(16)20)19(22)21-8-9-24-17-7-5-15(21)18(17)25-11-12-2-3-12/h4,6,10,12,15,17-18H,2-3,5,7-9,11H2,1H3/t15-,17-,18+/m0/s1. The van der Waals surface area contributed by atoms with Gasteiger partial charge in [0.2, 0.25) is 0 Å². The number of nitrogens with zero attached hydrogens (tertiary/aromatic N) is 1. The Kier molecular flexibility index (Phi) is 4.65. The number of benzene rings is 1. The Labute approximate surface area is 147 Å². The number of hydrogen-bond donors (Lipinski definition) is 0. The lowest BCUT2D eigenvalue weighted by Gasteiger charge is -2.31. The van der Waals surface area contributed by atoms with Gasteiger partial charge in [-0.15, -0.1) is 0 Å². The maximum Gasteiger partial charge on any atom is 0.254 e. The zero-order valence-corrected chi connectivity index (χ0v) is 14.4. The molecule has 0 radical (unpaired) electrons. The summed E-state index contributed by atoms with van der Waals surface area (Å²) in [6, 6.07) is 4.36. The largest absolute Gasteiger partial charge is 0.494 e. The van der Waals surface area contributed by atoms with Crippen molar-refractivity contribution in [1.29, 1.82) is 0 Å². The molecule has 2 aliphatic carbocycles. The van der Waals surface area contributed by atoms with Crippen LogP contribution in [0.1, 0.15) is 36.0 Å². The quantitative estimate of drug-likeness (QED) is 0.820. The highest BCUT2D eigenvalue weighted by atomic mass is 19.1. The first-order valence-corrected chi connectivity index (χ1v) is 9.05. The minimum absolute atomic E-state index is 0.00362. The van der Waals surface area contributed by atoms with Gasteiger partial charge in [0.25, 0.3) is 5.91 Å². The number of rotatable bonds is 5. The van der Waals surface area contributed by atoms with Gasteiger partial charge in [-0.1, -0.05) is 0 Å². The molecule has 0 aromatic heterocycles. The molecule has 5 nitrogen and oxygen atoms in total. The van der Waals surface area contributed by atoms with Crippen molar-refractivity contribution in [1.82, 2.24) is 4.90 Å². The molecule has 3 fully saturated rings. The molecule has 1 amide bonds. The van der Waals surface area contributed by atoms with Crippen molar-refractivity contribution in [3.05, 3.63) is 29.6 Å². The van der Waals surface area contributed by atoms with Gasteiger partial charge in [-0.25, -0.2) is 4.39 Å². The molecule has 0 spiro atoms. The number of hydrogen-bond acceptors (Lipinski definition) is 4. The lowest BCUT2D eigenvalue weighted by molar-refractivity contribution is -0.0556. The molecule has 1 saturated heterocycles. The van der Waals surface area contributed by atoms with Gasteiger partial charge in [0.1, 0.15) is 6.10 Å². The molecule has 3 atom stereocenters. The molecular formula is C19H24FNO4. The van der Waals surface area contributed by atoms with Gasteiger partial charge in [0, 0.05) is 18.7 Å². The van der Waals surface area contributed by atoms with Crippen molar-refractivity contribution < 1.29 is 23.4 Å². The van der Waals surface area contributed by atoms with Crippen LogP contribution in [-0.4, -0.2) is 55.9 Å². The van der Waals surface area contributed by atoms with E-state index in [1.807, 2.05) is 4.90 Å². The van der Waals surface area contributed by atoms with E-state index in [9.17, 15) is 9.18 Å². The Balaban J connectivity index is 1.53. The first-order valence-electron chi connectivity index (χ1n) is 9.05. The van der Waals surface area contributed by atoms with E-state index in [0.717, 1.165) is 19.4 Å². The molecule has 136 valence electrons. The predicted molar refractivity (Wildman–Crippen MR) is 89.2 cm³/mol. The summed E-state index contributed by atoms with van der Waals surface area (Å²) in [6.07, 6.45) is 4.22. The summed E-state index contributed by atoms with van der Waals surface area (Å²) in [5.74, 6) is 0.118. The summed E-state index contributed by atoms with van der Waals surface area (Å²) >= 11 is 0. The molecule has 1 heterocycles. The molecule has 2 saturated carbocycles. The van der Waals surface area contributed by atoms with Gasteiger partial charge in [-0.2, -0.15) is 0 Å². The topological polar surface area (TPSA) is 48.0 Å². The minimum Gasteiger partial charge on any atom is -0.494 e. The summed E-state index contributed by atoms with van der Waals surface area (Å²) in [6.45, 7) is 1.76. The van der Waals surface area contributed by atoms with Crippen LogP contribution in [0.25, 0.3) is 0 Å². The fraction of sp³-hybridized carbons (Fsp3) is 0.632. The van der Waals surface area contributed by atoms with E-state index in [1.54, 1.807) is 6.07 Å². The minimum atomic E-state index is -0.523. The smallest absolute Gasteiger partial charge is 0.254 e. The fourth-order valence-corrected chi connectivity index (χ4v) is 3.86. The molecule has 6 heteroatoms. The number of halogens is 1. The second-order valence-corrected chi connectivity index (χ2v) is 7.14. The van der Waals surface area contributed by atoms with Crippen molar-refractivity contribution in [3.63, 3.8) is 0 Å². The van der Waals surface area contributed by atoms with Gasteiger partial charge >= 0.3 is 0 Å². The van der Waals surface area contributed by atoms with Crippen LogP contribution < -0.4 is 4.74 Å². The number of amides is 1. The van der Waals surface area contributed by atoms with Crippen LogP contribution in [0.5, 0.6) is 5.75 Å². The summed E-state index contributed by atoms with van der Waals surface area (Å²) in [5, 5.41) is 0. The third kappa shape index (κ3) is 3.37. The Morgan fingerprint density at radius 1 is 1.32 bits per heavy atom. The van der Waals surface area contributed by atoms with E-state index in [0.29, 0.717) is 24.6 Å². The third-order valence-electron chi connectivity index (χ3n) is 5.44. The van der Waals surface area contributed by atoms with E-state index >= 15 is 0 Å². The molecular weight excluding hydrogens is 325 g/mol. The summed E-state index contributed by atoms with van der Waals surface area (Å²) in [7, 11) is 1.41. The maximum absolute atomic E-state index is 14.0. The number of methoxy groups -OCH3 is 1. The molecule has 0 unspecified atom stereocenters. The first-order chi connectivity index (χ1) is 12.2. The number of carbonyl (C=O) groups excluding carboxylic acids is 1. The van der Waals surface area contributed by atoms with Crippen molar-refractivity contribution in [2.75, 3.05) is 26.9 Å². The zero-order chi connectivity index (χ0) is 17.4. The van der Waals surface area contributed by atoms with Gasteiger partial charge < -0.3 is 19.1 Å². The van der Waals surface area contributed by atoms with E-state index in [1.165, 1.54) is 32.1 Å². The Bertz CT molecular complexity index is 648. The van der Waals surface area contributed by atoms with Crippen LogP contribution in [0.4, 0.5) is 4.39 Å². The summed E-state index contributed by atoms with van der Waals surface area (Å²) in [5.41, 5.74) is 0.338. The monoisotopic (exact) mass is 349 g/mol. The SMILES string of the molecule is COc1ccc(C(=O)N2CCO[C@H]3CC[C@H]2[C@H]3OCC2CC2)cc1F. The van der Waals surface area contributed by atoms with Crippen LogP contribution in [0, 0.1) is 11.7 Å². The molecule has 4 rings (SSSR count). The van der Waals surface area contributed by atoms with Crippen molar-refractivity contribution in [2.45, 2.75) is 43.9 Å². The van der Waals surface area contributed by atoms with Crippen molar-refractivity contribution >= 4 is 5.91 Å². The van der Waals surface area contributed by atoms with E-state index < -0.39 is 5.82 Å². The van der Waals surface area contributed by atoms with Crippen LogP contribution >= 0.6 is 0 Å². The van der Waals surface area contributed by atoms with Crippen LogP contribution in [-0.2, 0) is 9.47 Å². The highest BCUT2D eigenvalue weighted by Crippen LogP contribution is 2.36. The molecule has 25 heavy (non-hydrogen) atoms. The fourth-order valence-electron chi connectivity index (χ4n) is 3.86. The zero-order valence-electron chi connectivity index (χ0n) is 14.4.